The van der Waals surface area contributed by atoms with Crippen molar-refractivity contribution in [1.82, 2.24) is 4.90 Å². The lowest BCUT2D eigenvalue weighted by Gasteiger charge is -2.35. The summed E-state index contributed by atoms with van der Waals surface area (Å²) in [5.41, 5.74) is 8.27. The first-order valence-corrected chi connectivity index (χ1v) is 7.03. The summed E-state index contributed by atoms with van der Waals surface area (Å²) in [7, 11) is 3.71. The first-order chi connectivity index (χ1) is 10.0. The van der Waals surface area contributed by atoms with Crippen LogP contribution in [-0.2, 0) is 0 Å². The van der Waals surface area contributed by atoms with Crippen molar-refractivity contribution >= 4 is 17.1 Å². The molecule has 1 aliphatic rings. The van der Waals surface area contributed by atoms with Crippen LogP contribution in [-0.4, -0.2) is 56.6 Å². The molecular formula is C15H24N4O2. The normalized spacial score (nSPS) is 17.4. The molecule has 1 aromatic carbocycles. The number of nitrogen functional groups attached to an aromatic ring is 1. The Hall–Kier alpha value is -1.92. The molecule has 1 unspecified atom stereocenters. The molecule has 21 heavy (non-hydrogen) atoms. The highest BCUT2D eigenvalue weighted by Crippen LogP contribution is 2.36. The number of aliphatic hydroxyl groups excluding tert-OH is 1. The number of anilines is 3. The molecule has 0 spiro atoms. The van der Waals surface area contributed by atoms with E-state index < -0.39 is 6.23 Å². The SMILES string of the molecule is C=CC(O)Nc1cc(N)c(OC)cc1N1CCN(C)CC1. The van der Waals surface area contributed by atoms with Crippen LogP contribution in [0.25, 0.3) is 0 Å². The van der Waals surface area contributed by atoms with Crippen molar-refractivity contribution in [2.24, 2.45) is 0 Å². The molecule has 1 fully saturated rings. The molecular weight excluding hydrogens is 268 g/mol. The van der Waals surface area contributed by atoms with Crippen LogP contribution in [0.1, 0.15) is 0 Å². The Morgan fingerprint density at radius 1 is 1.38 bits per heavy atom. The summed E-state index contributed by atoms with van der Waals surface area (Å²) in [5, 5.41) is 12.8. The van der Waals surface area contributed by atoms with Crippen LogP contribution in [0.5, 0.6) is 5.75 Å². The van der Waals surface area contributed by atoms with E-state index in [2.05, 4.69) is 28.7 Å². The summed E-state index contributed by atoms with van der Waals surface area (Å²) in [6, 6.07) is 3.71. The average molecular weight is 292 g/mol. The van der Waals surface area contributed by atoms with E-state index in [1.807, 2.05) is 6.07 Å². The maximum Gasteiger partial charge on any atom is 0.143 e. The number of aliphatic hydroxyl groups is 1. The van der Waals surface area contributed by atoms with Gasteiger partial charge in [0.2, 0.25) is 0 Å². The van der Waals surface area contributed by atoms with Crippen LogP contribution in [0.3, 0.4) is 0 Å². The molecule has 1 heterocycles. The van der Waals surface area contributed by atoms with Crippen molar-refractivity contribution in [2.45, 2.75) is 6.23 Å². The average Bonchev–Trinajstić information content (AvgIpc) is 2.48. The lowest BCUT2D eigenvalue weighted by atomic mass is 10.1. The number of nitrogens with two attached hydrogens (primary N) is 1. The first kappa shape index (κ1) is 15.5. The summed E-state index contributed by atoms with van der Waals surface area (Å²) in [4.78, 5) is 4.55. The number of hydrogen-bond acceptors (Lipinski definition) is 6. The van der Waals surface area contributed by atoms with Gasteiger partial charge in [0.05, 0.1) is 24.2 Å². The Morgan fingerprint density at radius 3 is 2.62 bits per heavy atom. The van der Waals surface area contributed by atoms with E-state index in [1.54, 1.807) is 13.2 Å². The van der Waals surface area contributed by atoms with Crippen LogP contribution < -0.4 is 20.7 Å². The number of nitrogens with one attached hydrogen (secondary N) is 1. The minimum Gasteiger partial charge on any atom is -0.495 e. The summed E-state index contributed by atoms with van der Waals surface area (Å²) in [5.74, 6) is 0.641. The molecule has 0 radical (unpaired) electrons. The van der Waals surface area contributed by atoms with Crippen LogP contribution in [0, 0.1) is 0 Å². The fraction of sp³-hybridized carbons (Fsp3) is 0.467. The van der Waals surface area contributed by atoms with Crippen molar-refractivity contribution in [2.75, 3.05) is 56.3 Å². The molecule has 6 heteroatoms. The predicted octanol–water partition coefficient (Wildman–Crippen LogP) is 0.945. The number of nitrogens with zero attached hydrogens (tertiary/aromatic N) is 2. The van der Waals surface area contributed by atoms with Crippen molar-refractivity contribution in [3.8, 4) is 5.75 Å². The summed E-state index contributed by atoms with van der Waals surface area (Å²) >= 11 is 0. The van der Waals surface area contributed by atoms with Gasteiger partial charge < -0.3 is 30.7 Å². The fourth-order valence-corrected chi connectivity index (χ4v) is 2.41. The van der Waals surface area contributed by atoms with E-state index in [4.69, 9.17) is 10.5 Å². The van der Waals surface area contributed by atoms with E-state index in [0.29, 0.717) is 11.4 Å². The number of ether oxygens (including phenoxy) is 1. The minimum atomic E-state index is -0.816. The standard InChI is InChI=1S/C15H24N4O2/c1-4-15(20)17-12-9-11(16)14(21-3)10-13(12)19-7-5-18(2)6-8-19/h4,9-10,15,17,20H,1,5-8,16H2,2-3H3. The summed E-state index contributed by atoms with van der Waals surface area (Å²) < 4.78 is 5.31. The second kappa shape index (κ2) is 6.69. The van der Waals surface area contributed by atoms with Gasteiger partial charge in [-0.2, -0.15) is 0 Å². The zero-order valence-electron chi connectivity index (χ0n) is 12.7. The van der Waals surface area contributed by atoms with Gasteiger partial charge in [-0.15, -0.1) is 0 Å². The van der Waals surface area contributed by atoms with Crippen molar-refractivity contribution < 1.29 is 9.84 Å². The van der Waals surface area contributed by atoms with Gasteiger partial charge in [0.25, 0.3) is 0 Å². The third-order valence-corrected chi connectivity index (χ3v) is 3.72. The highest BCUT2D eigenvalue weighted by Gasteiger charge is 2.19. The van der Waals surface area contributed by atoms with Gasteiger partial charge >= 0.3 is 0 Å². The molecule has 0 bridgehead atoms. The van der Waals surface area contributed by atoms with Crippen LogP contribution in [0.2, 0.25) is 0 Å². The Labute approximate surface area is 125 Å². The monoisotopic (exact) mass is 292 g/mol. The Morgan fingerprint density at radius 2 is 2.05 bits per heavy atom. The van der Waals surface area contributed by atoms with E-state index in [1.165, 1.54) is 6.08 Å². The topological polar surface area (TPSA) is 74.0 Å². The molecule has 0 amide bonds. The van der Waals surface area contributed by atoms with Gasteiger partial charge in [0, 0.05) is 32.2 Å². The predicted molar refractivity (Wildman–Crippen MR) is 86.9 cm³/mol. The first-order valence-electron chi connectivity index (χ1n) is 7.03. The fourth-order valence-electron chi connectivity index (χ4n) is 2.41. The molecule has 1 aromatic rings. The van der Waals surface area contributed by atoms with E-state index >= 15 is 0 Å². The molecule has 1 aliphatic heterocycles. The largest absolute Gasteiger partial charge is 0.495 e. The lowest BCUT2D eigenvalue weighted by molar-refractivity contribution is 0.252. The van der Waals surface area contributed by atoms with Crippen LogP contribution in [0.4, 0.5) is 17.1 Å². The molecule has 0 saturated carbocycles. The molecule has 1 atom stereocenters. The Bertz CT molecular complexity index is 499. The highest BCUT2D eigenvalue weighted by molar-refractivity contribution is 5.78. The molecule has 116 valence electrons. The number of piperazine rings is 1. The smallest absolute Gasteiger partial charge is 0.143 e. The van der Waals surface area contributed by atoms with Crippen molar-refractivity contribution in [3.05, 3.63) is 24.8 Å². The van der Waals surface area contributed by atoms with Crippen molar-refractivity contribution in [1.29, 1.82) is 0 Å². The number of hydrogen-bond donors (Lipinski definition) is 3. The van der Waals surface area contributed by atoms with E-state index in [0.717, 1.165) is 37.6 Å². The van der Waals surface area contributed by atoms with Gasteiger partial charge in [0.15, 0.2) is 0 Å². The molecule has 1 saturated heterocycles. The molecule has 4 N–H and O–H groups in total. The third kappa shape index (κ3) is 3.59. The van der Waals surface area contributed by atoms with Crippen LogP contribution >= 0.6 is 0 Å². The third-order valence-electron chi connectivity index (χ3n) is 3.72. The Kier molecular flexibility index (Phi) is 4.93. The number of likely N-dealkylation sites (N-methyl/N-ethyl adjacent to an activating group) is 1. The van der Waals surface area contributed by atoms with Gasteiger partial charge in [-0.05, 0) is 19.2 Å². The zero-order chi connectivity index (χ0) is 15.4. The van der Waals surface area contributed by atoms with Gasteiger partial charge in [-0.1, -0.05) is 6.58 Å². The maximum atomic E-state index is 9.77. The molecule has 6 nitrogen and oxygen atoms in total. The number of benzene rings is 1. The van der Waals surface area contributed by atoms with Crippen molar-refractivity contribution in [3.63, 3.8) is 0 Å². The minimum absolute atomic E-state index is 0.536. The lowest BCUT2D eigenvalue weighted by Crippen LogP contribution is -2.44. The number of methoxy groups -OCH3 is 1. The zero-order valence-corrected chi connectivity index (χ0v) is 12.7. The highest BCUT2D eigenvalue weighted by atomic mass is 16.5. The second-order valence-corrected chi connectivity index (χ2v) is 5.23. The quantitative estimate of drug-likeness (QED) is 0.426. The van der Waals surface area contributed by atoms with Gasteiger partial charge in [-0.25, -0.2) is 0 Å². The number of rotatable bonds is 5. The maximum absolute atomic E-state index is 9.77. The molecule has 0 aromatic heterocycles. The van der Waals surface area contributed by atoms with E-state index in [-0.39, 0.29) is 0 Å². The molecule has 2 rings (SSSR count). The van der Waals surface area contributed by atoms with Crippen LogP contribution in [0.15, 0.2) is 24.8 Å². The second-order valence-electron chi connectivity index (χ2n) is 5.23. The Balaban J connectivity index is 2.33. The summed E-state index contributed by atoms with van der Waals surface area (Å²) in [6.07, 6.45) is 0.623. The summed E-state index contributed by atoms with van der Waals surface area (Å²) in [6.45, 7) is 7.41. The van der Waals surface area contributed by atoms with Gasteiger partial charge in [-0.3, -0.25) is 0 Å². The van der Waals surface area contributed by atoms with E-state index in [9.17, 15) is 5.11 Å². The van der Waals surface area contributed by atoms with Gasteiger partial charge in [0.1, 0.15) is 12.0 Å². The molecule has 0 aliphatic carbocycles.